The van der Waals surface area contributed by atoms with Gasteiger partial charge in [-0.3, -0.25) is 4.79 Å². The van der Waals surface area contributed by atoms with Crippen LogP contribution in [-0.2, 0) is 17.9 Å². The molecular formula is C23H20N4O6. The third-order valence-corrected chi connectivity index (χ3v) is 4.51. The van der Waals surface area contributed by atoms with Crippen molar-refractivity contribution in [3.63, 3.8) is 0 Å². The number of carbonyl (C=O) groups is 1. The Kier molecular flexibility index (Phi) is 6.74. The number of para-hydroxylation sites is 1. The summed E-state index contributed by atoms with van der Waals surface area (Å²) in [6.07, 6.45) is 0. The lowest BCUT2D eigenvalue weighted by Gasteiger charge is -2.08. The van der Waals surface area contributed by atoms with Crippen molar-refractivity contribution >= 4 is 5.97 Å². The molecule has 0 N–H and O–H groups in total. The maximum absolute atomic E-state index is 12.4. The van der Waals surface area contributed by atoms with Crippen LogP contribution in [0.2, 0.25) is 0 Å². The Morgan fingerprint density at radius 3 is 2.67 bits per heavy atom. The quantitative estimate of drug-likeness (QED) is 0.356. The van der Waals surface area contributed by atoms with Crippen molar-refractivity contribution in [3.8, 4) is 22.9 Å². The van der Waals surface area contributed by atoms with Crippen molar-refractivity contribution < 1.29 is 23.5 Å². The minimum Gasteiger partial charge on any atom is -0.497 e. The van der Waals surface area contributed by atoms with E-state index < -0.39 is 5.97 Å². The van der Waals surface area contributed by atoms with Crippen LogP contribution < -0.4 is 15.0 Å². The molecule has 4 rings (SSSR count). The van der Waals surface area contributed by atoms with Crippen LogP contribution in [0.4, 0.5) is 0 Å². The molecule has 0 bridgehead atoms. The summed E-state index contributed by atoms with van der Waals surface area (Å²) >= 11 is 0. The van der Waals surface area contributed by atoms with E-state index in [2.05, 4.69) is 15.2 Å². The third-order valence-electron chi connectivity index (χ3n) is 4.51. The normalized spacial score (nSPS) is 10.6. The SMILES string of the molecule is COc1cccc(-c2noc(COC(=O)c3ccc(=O)n(CCOc4ccccc4)n3)n2)c1. The van der Waals surface area contributed by atoms with E-state index in [4.69, 9.17) is 18.7 Å². The van der Waals surface area contributed by atoms with Crippen LogP contribution in [0.5, 0.6) is 11.5 Å². The standard InChI is InChI=1S/C23H20N4O6/c1-30-18-9-5-6-16(14-18)22-24-20(33-26-22)15-32-23(29)19-10-11-21(28)27(25-19)12-13-31-17-7-3-2-4-8-17/h2-11,14H,12-13,15H2,1H3. The highest BCUT2D eigenvalue weighted by Crippen LogP contribution is 2.21. The number of esters is 1. The van der Waals surface area contributed by atoms with Gasteiger partial charge in [0.15, 0.2) is 12.3 Å². The molecule has 0 radical (unpaired) electrons. The van der Waals surface area contributed by atoms with Crippen molar-refractivity contribution in [1.29, 1.82) is 0 Å². The second-order valence-electron chi connectivity index (χ2n) is 6.76. The molecule has 4 aromatic rings. The molecule has 0 fully saturated rings. The van der Waals surface area contributed by atoms with Gasteiger partial charge < -0.3 is 18.7 Å². The van der Waals surface area contributed by atoms with E-state index in [-0.39, 0.29) is 36.9 Å². The fourth-order valence-electron chi connectivity index (χ4n) is 2.88. The lowest BCUT2D eigenvalue weighted by atomic mass is 10.2. The molecule has 0 saturated heterocycles. The van der Waals surface area contributed by atoms with Crippen LogP contribution in [0.15, 0.2) is 76.0 Å². The summed E-state index contributed by atoms with van der Waals surface area (Å²) in [5, 5.41) is 7.95. The van der Waals surface area contributed by atoms with Gasteiger partial charge in [0.1, 0.15) is 18.1 Å². The first-order valence-corrected chi connectivity index (χ1v) is 10.0. The van der Waals surface area contributed by atoms with Crippen LogP contribution in [0.1, 0.15) is 16.4 Å². The van der Waals surface area contributed by atoms with Crippen molar-refractivity contribution in [1.82, 2.24) is 19.9 Å². The summed E-state index contributed by atoms with van der Waals surface area (Å²) in [6.45, 7) is 0.139. The number of rotatable bonds is 9. The monoisotopic (exact) mass is 448 g/mol. The number of methoxy groups -OCH3 is 1. The minimum atomic E-state index is -0.728. The zero-order valence-corrected chi connectivity index (χ0v) is 17.7. The van der Waals surface area contributed by atoms with Crippen molar-refractivity contribution in [2.45, 2.75) is 13.2 Å². The molecule has 0 atom stereocenters. The Labute approximate surface area is 188 Å². The molecule has 0 aliphatic heterocycles. The van der Waals surface area contributed by atoms with Gasteiger partial charge in [-0.05, 0) is 30.3 Å². The summed E-state index contributed by atoms with van der Waals surface area (Å²) in [4.78, 5) is 28.7. The zero-order valence-electron chi connectivity index (χ0n) is 17.7. The number of nitrogens with zero attached hydrogens (tertiary/aromatic N) is 4. The van der Waals surface area contributed by atoms with Crippen LogP contribution in [0, 0.1) is 0 Å². The topological polar surface area (TPSA) is 119 Å². The molecule has 0 unspecified atom stereocenters. The lowest BCUT2D eigenvalue weighted by molar-refractivity contribution is 0.0419. The van der Waals surface area contributed by atoms with E-state index in [1.807, 2.05) is 18.2 Å². The number of benzene rings is 2. The summed E-state index contributed by atoms with van der Waals surface area (Å²) in [6, 6.07) is 18.9. The van der Waals surface area contributed by atoms with Crippen LogP contribution >= 0.6 is 0 Å². The highest BCUT2D eigenvalue weighted by atomic mass is 16.6. The van der Waals surface area contributed by atoms with Crippen molar-refractivity contribution in [2.75, 3.05) is 13.7 Å². The van der Waals surface area contributed by atoms with Gasteiger partial charge in [-0.25, -0.2) is 9.48 Å². The molecular weight excluding hydrogens is 428 g/mol. The molecule has 10 heteroatoms. The maximum Gasteiger partial charge on any atom is 0.359 e. The smallest absolute Gasteiger partial charge is 0.359 e. The first-order chi connectivity index (χ1) is 16.1. The highest BCUT2D eigenvalue weighted by molar-refractivity contribution is 5.86. The number of carbonyl (C=O) groups excluding carboxylic acids is 1. The summed E-state index contributed by atoms with van der Waals surface area (Å²) in [5.41, 5.74) is 0.312. The Morgan fingerprint density at radius 2 is 1.85 bits per heavy atom. The average molecular weight is 448 g/mol. The lowest BCUT2D eigenvalue weighted by Crippen LogP contribution is -2.27. The van der Waals surface area contributed by atoms with Gasteiger partial charge >= 0.3 is 5.97 Å². The minimum absolute atomic E-state index is 0.0261. The van der Waals surface area contributed by atoms with E-state index in [0.717, 1.165) is 4.68 Å². The second-order valence-corrected chi connectivity index (χ2v) is 6.76. The molecule has 2 aromatic heterocycles. The van der Waals surface area contributed by atoms with Crippen molar-refractivity contribution in [2.24, 2.45) is 0 Å². The molecule has 0 aliphatic carbocycles. The first-order valence-electron chi connectivity index (χ1n) is 10.0. The summed E-state index contributed by atoms with van der Waals surface area (Å²) < 4.78 is 22.3. The van der Waals surface area contributed by atoms with Gasteiger partial charge in [-0.2, -0.15) is 10.1 Å². The largest absolute Gasteiger partial charge is 0.497 e. The van der Waals surface area contributed by atoms with Gasteiger partial charge in [0, 0.05) is 11.6 Å². The van der Waals surface area contributed by atoms with E-state index in [1.165, 1.54) is 12.1 Å². The summed E-state index contributed by atoms with van der Waals surface area (Å²) in [5.74, 6) is 1.05. The molecule has 0 aliphatic rings. The van der Waals surface area contributed by atoms with Crippen LogP contribution in [-0.4, -0.2) is 39.6 Å². The second kappa shape index (κ2) is 10.2. The number of hydrogen-bond acceptors (Lipinski definition) is 9. The fraction of sp³-hybridized carbons (Fsp3) is 0.174. The molecule has 0 amide bonds. The maximum atomic E-state index is 12.4. The van der Waals surface area contributed by atoms with Crippen molar-refractivity contribution in [3.05, 3.63) is 88.7 Å². The molecule has 168 valence electrons. The number of hydrogen-bond donors (Lipinski definition) is 0. The predicted molar refractivity (Wildman–Crippen MR) is 116 cm³/mol. The molecule has 2 heterocycles. The van der Waals surface area contributed by atoms with E-state index in [1.54, 1.807) is 43.5 Å². The Bertz CT molecular complexity index is 1290. The average Bonchev–Trinajstić information content (AvgIpc) is 3.33. The van der Waals surface area contributed by atoms with Gasteiger partial charge in [0.2, 0.25) is 5.82 Å². The molecule has 0 saturated carbocycles. The first kappa shape index (κ1) is 21.8. The highest BCUT2D eigenvalue weighted by Gasteiger charge is 2.15. The fourth-order valence-corrected chi connectivity index (χ4v) is 2.88. The Balaban J connectivity index is 1.35. The van der Waals surface area contributed by atoms with E-state index in [9.17, 15) is 9.59 Å². The summed E-state index contributed by atoms with van der Waals surface area (Å²) in [7, 11) is 1.56. The van der Waals surface area contributed by atoms with E-state index in [0.29, 0.717) is 22.9 Å². The molecule has 33 heavy (non-hydrogen) atoms. The van der Waals surface area contributed by atoms with Gasteiger partial charge in [0.05, 0.1) is 13.7 Å². The van der Waals surface area contributed by atoms with Crippen LogP contribution in [0.25, 0.3) is 11.4 Å². The van der Waals surface area contributed by atoms with E-state index >= 15 is 0 Å². The number of aromatic nitrogens is 4. The molecule has 0 spiro atoms. The predicted octanol–water partition coefficient (Wildman–Crippen LogP) is 2.74. The third kappa shape index (κ3) is 5.62. The van der Waals surface area contributed by atoms with Gasteiger partial charge in [-0.1, -0.05) is 35.5 Å². The van der Waals surface area contributed by atoms with Gasteiger partial charge in [0.25, 0.3) is 11.4 Å². The zero-order chi connectivity index (χ0) is 23.0. The number of ether oxygens (including phenoxy) is 3. The Hall–Kier alpha value is -4.47. The Morgan fingerprint density at radius 1 is 1.03 bits per heavy atom. The molecule has 10 nitrogen and oxygen atoms in total. The van der Waals surface area contributed by atoms with Crippen LogP contribution in [0.3, 0.4) is 0 Å². The van der Waals surface area contributed by atoms with Gasteiger partial charge in [-0.15, -0.1) is 0 Å². The molecule has 2 aromatic carbocycles.